The van der Waals surface area contributed by atoms with Crippen molar-refractivity contribution >= 4 is 6.09 Å². The van der Waals surface area contributed by atoms with Gasteiger partial charge >= 0.3 is 6.09 Å². The maximum atomic E-state index is 14.9. The number of likely N-dealkylation sites (tertiary alicyclic amines) is 1. The van der Waals surface area contributed by atoms with Crippen LogP contribution in [0.15, 0.2) is 273 Å². The van der Waals surface area contributed by atoms with E-state index in [4.69, 9.17) is 61.6 Å². The third kappa shape index (κ3) is 19.3. The number of carbonyl (C=O) groups is 1. The first-order chi connectivity index (χ1) is 47.4. The number of amides is 1. The third-order valence-electron chi connectivity index (χ3n) is 17.4. The van der Waals surface area contributed by atoms with Crippen molar-refractivity contribution in [3.63, 3.8) is 0 Å². The SMILES string of the molecule is C[C@H]1O[C@H](O[C@H]2[C@H](OCc3ccccc3)[C@@H](OCc3ccccc3)[C@H](O[C@@H]3[C@@H](COCc4ccccc4)N(C(=O)OCc4ccccc4)C[C@H]3OCc3ccccc3)O[C@@H]2COCc2ccccc2)[C@H](OCc2ccccc2)[C@@H](OCc2ccccc2)[C@@H]1OCc1ccccc1. The number of rotatable bonds is 32. The number of benzene rings is 9. The van der Waals surface area contributed by atoms with Gasteiger partial charge in [-0.1, -0.05) is 273 Å². The van der Waals surface area contributed by atoms with Crippen molar-refractivity contribution in [2.24, 2.45) is 0 Å². The molecule has 9 aromatic carbocycles. The molecule has 0 N–H and O–H groups in total. The highest BCUT2D eigenvalue weighted by Crippen LogP contribution is 2.39. The number of carbonyl (C=O) groups excluding carboxylic acids is 1. The second-order valence-electron chi connectivity index (χ2n) is 24.4. The minimum Gasteiger partial charge on any atom is -0.445 e. The van der Waals surface area contributed by atoms with Crippen LogP contribution in [0.2, 0.25) is 0 Å². The maximum absolute atomic E-state index is 14.9. The van der Waals surface area contributed by atoms with Gasteiger partial charge in [-0.3, -0.25) is 4.90 Å². The Morgan fingerprint density at radius 2 is 0.635 bits per heavy atom. The first kappa shape index (κ1) is 67.7. The van der Waals surface area contributed by atoms with Gasteiger partial charge in [0.05, 0.1) is 84.8 Å². The average molecular weight is 1300 g/mol. The molecule has 3 aliphatic heterocycles. The van der Waals surface area contributed by atoms with Gasteiger partial charge < -0.3 is 61.6 Å². The largest absolute Gasteiger partial charge is 0.445 e. The fourth-order valence-electron chi connectivity index (χ4n) is 12.4. The van der Waals surface area contributed by atoms with Gasteiger partial charge in [0.25, 0.3) is 0 Å². The molecule has 0 radical (unpaired) electrons. The van der Waals surface area contributed by atoms with Crippen LogP contribution in [0.25, 0.3) is 0 Å². The van der Waals surface area contributed by atoms with E-state index in [0.717, 1.165) is 50.1 Å². The normalized spacial score (nSPS) is 24.1. The molecule has 0 aromatic heterocycles. The standard InChI is InChI=1S/C81H85NO14/c1-59-72(87-51-63-35-17-5-18-36-63)75(88-52-64-37-19-6-20-38-64)77(90-54-66-41-23-8-24-42-66)79(93-59)96-74-71(58-85-49-61-31-13-3-14-32-61)94-80(78(91-55-67-43-25-9-26-44-67)76(74)89-53-65-39-21-7-22-40-65)95-73-69(57-84-48-60-29-11-2-12-30-60)82(81(83)92-56-68-45-27-10-28-46-68)47-70(73)86-50-62-33-15-4-16-34-62/h2-46,59,69-80H,47-58H2,1H3/t59-,69-,70-,71-,72-,73-,74-,75+,76+,77-,78-,79-,80+/m1/s1. The molecule has 0 unspecified atom stereocenters. The monoisotopic (exact) mass is 1300 g/mol. The summed E-state index contributed by atoms with van der Waals surface area (Å²) in [7, 11) is 0. The second-order valence-corrected chi connectivity index (χ2v) is 24.4. The van der Waals surface area contributed by atoms with Crippen LogP contribution in [-0.2, 0) is 121 Å². The van der Waals surface area contributed by atoms with Crippen LogP contribution in [0.5, 0.6) is 0 Å². The maximum Gasteiger partial charge on any atom is 0.410 e. The lowest BCUT2D eigenvalue weighted by molar-refractivity contribution is -0.379. The number of ether oxygens (including phenoxy) is 13. The molecular formula is C81H85NO14. The van der Waals surface area contributed by atoms with E-state index < -0.39 is 85.8 Å². The van der Waals surface area contributed by atoms with Gasteiger partial charge in [-0.05, 0) is 57.0 Å². The van der Waals surface area contributed by atoms with Crippen molar-refractivity contribution in [2.45, 2.75) is 146 Å². The van der Waals surface area contributed by atoms with Gasteiger partial charge in [-0.2, -0.15) is 0 Å². The Kier molecular flexibility index (Phi) is 25.2. The fraction of sp³-hybridized carbons (Fsp3) is 0.321. The third-order valence-corrected chi connectivity index (χ3v) is 17.4. The zero-order chi connectivity index (χ0) is 65.4. The molecule has 13 atom stereocenters. The van der Waals surface area contributed by atoms with E-state index in [1.165, 1.54) is 0 Å². The summed E-state index contributed by atoms with van der Waals surface area (Å²) >= 11 is 0. The van der Waals surface area contributed by atoms with E-state index in [0.29, 0.717) is 6.61 Å². The Morgan fingerprint density at radius 1 is 0.333 bits per heavy atom. The molecule has 15 heteroatoms. The predicted molar refractivity (Wildman–Crippen MR) is 362 cm³/mol. The highest BCUT2D eigenvalue weighted by atomic mass is 16.8. The molecule has 15 nitrogen and oxygen atoms in total. The Bertz CT molecular complexity index is 3630. The summed E-state index contributed by atoms with van der Waals surface area (Å²) in [5, 5.41) is 0. The number of hydrogen-bond donors (Lipinski definition) is 0. The van der Waals surface area contributed by atoms with Gasteiger partial charge in [-0.25, -0.2) is 4.79 Å². The molecule has 3 heterocycles. The quantitative estimate of drug-likeness (QED) is 0.0395. The summed E-state index contributed by atoms with van der Waals surface area (Å²) in [6.07, 6.45) is -11.5. The van der Waals surface area contributed by atoms with E-state index in [1.54, 1.807) is 4.90 Å². The molecule has 0 bridgehead atoms. The lowest BCUT2D eigenvalue weighted by atomic mass is 9.95. The van der Waals surface area contributed by atoms with Gasteiger partial charge in [0.1, 0.15) is 61.5 Å². The Balaban J connectivity index is 0.946. The van der Waals surface area contributed by atoms with E-state index in [-0.39, 0.29) is 72.6 Å². The zero-order valence-corrected chi connectivity index (χ0v) is 54.1. The summed E-state index contributed by atoms with van der Waals surface area (Å²) in [6.45, 7) is 3.88. The molecule has 9 aromatic rings. The van der Waals surface area contributed by atoms with E-state index in [1.807, 2.05) is 280 Å². The van der Waals surface area contributed by atoms with Crippen LogP contribution in [0.1, 0.15) is 57.0 Å². The highest BCUT2D eigenvalue weighted by Gasteiger charge is 2.56. The molecule has 3 aliphatic rings. The molecule has 0 saturated carbocycles. The van der Waals surface area contributed by atoms with Crippen LogP contribution in [0.3, 0.4) is 0 Å². The lowest BCUT2D eigenvalue weighted by Crippen LogP contribution is -2.66. The summed E-state index contributed by atoms with van der Waals surface area (Å²) in [5.41, 5.74) is 8.41. The van der Waals surface area contributed by atoms with E-state index >= 15 is 0 Å². The van der Waals surface area contributed by atoms with Crippen LogP contribution in [-0.4, -0.2) is 110 Å². The van der Waals surface area contributed by atoms with Crippen molar-refractivity contribution in [3.8, 4) is 0 Å². The van der Waals surface area contributed by atoms with Crippen molar-refractivity contribution < 1.29 is 66.4 Å². The Labute approximate surface area is 563 Å². The zero-order valence-electron chi connectivity index (χ0n) is 54.1. The minimum absolute atomic E-state index is 0.00919. The fourth-order valence-corrected chi connectivity index (χ4v) is 12.4. The van der Waals surface area contributed by atoms with Crippen LogP contribution < -0.4 is 0 Å². The van der Waals surface area contributed by atoms with Gasteiger partial charge in [-0.15, -0.1) is 0 Å². The molecule has 12 rings (SSSR count). The van der Waals surface area contributed by atoms with Crippen molar-refractivity contribution in [1.29, 1.82) is 0 Å². The topological polar surface area (TPSA) is 140 Å². The van der Waals surface area contributed by atoms with Crippen LogP contribution >= 0.6 is 0 Å². The van der Waals surface area contributed by atoms with Crippen molar-refractivity contribution in [2.75, 3.05) is 19.8 Å². The molecular weight excluding hydrogens is 1210 g/mol. The molecule has 3 fully saturated rings. The van der Waals surface area contributed by atoms with Crippen LogP contribution in [0, 0.1) is 0 Å². The number of nitrogens with zero attached hydrogens (tertiary/aromatic N) is 1. The summed E-state index contributed by atoms with van der Waals surface area (Å²) in [6, 6.07) is 88.7. The molecule has 498 valence electrons. The highest BCUT2D eigenvalue weighted by molar-refractivity contribution is 5.69. The average Bonchev–Trinajstić information content (AvgIpc) is 1.15. The predicted octanol–water partition coefficient (Wildman–Crippen LogP) is 14.2. The first-order valence-electron chi connectivity index (χ1n) is 33.2. The van der Waals surface area contributed by atoms with E-state index in [2.05, 4.69) is 0 Å². The summed E-state index contributed by atoms with van der Waals surface area (Å²) in [5.74, 6) is 0. The number of hydrogen-bond acceptors (Lipinski definition) is 14. The summed E-state index contributed by atoms with van der Waals surface area (Å²) < 4.78 is 92.5. The molecule has 0 spiro atoms. The Hall–Kier alpha value is -8.23. The van der Waals surface area contributed by atoms with Crippen molar-refractivity contribution in [3.05, 3.63) is 323 Å². The first-order valence-corrected chi connectivity index (χ1v) is 33.2. The summed E-state index contributed by atoms with van der Waals surface area (Å²) in [4.78, 5) is 16.5. The van der Waals surface area contributed by atoms with Gasteiger partial charge in [0.15, 0.2) is 12.6 Å². The molecule has 0 aliphatic carbocycles. The minimum atomic E-state index is -1.24. The Morgan fingerprint density at radius 3 is 1.03 bits per heavy atom. The van der Waals surface area contributed by atoms with Crippen LogP contribution in [0.4, 0.5) is 4.79 Å². The smallest absolute Gasteiger partial charge is 0.410 e. The van der Waals surface area contributed by atoms with E-state index in [9.17, 15) is 4.79 Å². The van der Waals surface area contributed by atoms with Crippen molar-refractivity contribution in [1.82, 2.24) is 4.90 Å². The van der Waals surface area contributed by atoms with Gasteiger partial charge in [0.2, 0.25) is 0 Å². The van der Waals surface area contributed by atoms with Gasteiger partial charge in [0, 0.05) is 0 Å². The molecule has 96 heavy (non-hydrogen) atoms. The molecule has 1 amide bonds. The lowest BCUT2D eigenvalue weighted by Gasteiger charge is -2.50. The molecule has 3 saturated heterocycles. The second kappa shape index (κ2) is 35.7.